The van der Waals surface area contributed by atoms with Crippen molar-refractivity contribution in [2.75, 3.05) is 6.54 Å². The highest BCUT2D eigenvalue weighted by Crippen LogP contribution is 2.40. The first-order chi connectivity index (χ1) is 8.26. The van der Waals surface area contributed by atoms with E-state index in [-0.39, 0.29) is 16.9 Å². The summed E-state index contributed by atoms with van der Waals surface area (Å²) in [5.41, 5.74) is 6.45. The average Bonchev–Trinajstić information content (AvgIpc) is 2.63. The minimum atomic E-state index is -0.0918. The average molecular weight is 252 g/mol. The second-order valence-electron chi connectivity index (χ2n) is 7.36. The van der Waals surface area contributed by atoms with Gasteiger partial charge in [0.15, 0.2) is 0 Å². The highest BCUT2D eigenvalue weighted by Gasteiger charge is 2.48. The topological polar surface area (TPSA) is 46.3 Å². The van der Waals surface area contributed by atoms with E-state index in [1.54, 1.807) is 0 Å². The van der Waals surface area contributed by atoms with Gasteiger partial charge >= 0.3 is 0 Å². The van der Waals surface area contributed by atoms with Crippen LogP contribution in [0.1, 0.15) is 59.8 Å². The Kier molecular flexibility index (Phi) is 3.48. The van der Waals surface area contributed by atoms with E-state index in [2.05, 4.69) is 32.6 Å². The van der Waals surface area contributed by atoms with Gasteiger partial charge in [-0.1, -0.05) is 40.5 Å². The molecule has 3 atom stereocenters. The molecule has 1 aliphatic heterocycles. The molecule has 3 heteroatoms. The SMILES string of the molecule is CC(C(=O)N1CCC2(N)CCCCC12)C(C)(C)C. The molecule has 3 nitrogen and oxygen atoms in total. The van der Waals surface area contributed by atoms with Crippen molar-refractivity contribution in [3.8, 4) is 0 Å². The summed E-state index contributed by atoms with van der Waals surface area (Å²) in [6, 6.07) is 0.295. The predicted octanol–water partition coefficient (Wildman–Crippen LogP) is 2.54. The van der Waals surface area contributed by atoms with Gasteiger partial charge in [0.05, 0.1) is 0 Å². The first-order valence-corrected chi connectivity index (χ1v) is 7.35. The molecule has 0 aromatic carbocycles. The molecule has 0 spiro atoms. The van der Waals surface area contributed by atoms with Gasteiger partial charge < -0.3 is 10.6 Å². The maximum absolute atomic E-state index is 12.7. The van der Waals surface area contributed by atoms with Gasteiger partial charge in [0.2, 0.25) is 5.91 Å². The molecule has 1 saturated heterocycles. The number of likely N-dealkylation sites (tertiary alicyclic amines) is 1. The second-order valence-corrected chi connectivity index (χ2v) is 7.36. The van der Waals surface area contributed by atoms with Gasteiger partial charge in [0.1, 0.15) is 0 Å². The van der Waals surface area contributed by atoms with Gasteiger partial charge in [-0.25, -0.2) is 0 Å². The fraction of sp³-hybridized carbons (Fsp3) is 0.933. The van der Waals surface area contributed by atoms with Gasteiger partial charge in [0, 0.05) is 24.0 Å². The van der Waals surface area contributed by atoms with E-state index >= 15 is 0 Å². The summed E-state index contributed by atoms with van der Waals surface area (Å²) < 4.78 is 0. The van der Waals surface area contributed by atoms with Crippen LogP contribution in [-0.4, -0.2) is 28.9 Å². The third kappa shape index (κ3) is 2.29. The van der Waals surface area contributed by atoms with Crippen LogP contribution in [0.15, 0.2) is 0 Å². The Morgan fingerprint density at radius 1 is 1.33 bits per heavy atom. The Bertz CT molecular complexity index is 334. The molecule has 1 aliphatic carbocycles. The lowest BCUT2D eigenvalue weighted by molar-refractivity contribution is -0.140. The summed E-state index contributed by atoms with van der Waals surface area (Å²) >= 11 is 0. The maximum Gasteiger partial charge on any atom is 0.226 e. The highest BCUT2D eigenvalue weighted by atomic mass is 16.2. The summed E-state index contributed by atoms with van der Waals surface area (Å²) in [6.45, 7) is 9.34. The number of amides is 1. The maximum atomic E-state index is 12.7. The van der Waals surface area contributed by atoms with E-state index < -0.39 is 0 Å². The molecule has 2 fully saturated rings. The largest absolute Gasteiger partial charge is 0.338 e. The van der Waals surface area contributed by atoms with Crippen molar-refractivity contribution in [1.82, 2.24) is 4.90 Å². The van der Waals surface area contributed by atoms with Crippen LogP contribution in [0.4, 0.5) is 0 Å². The standard InChI is InChI=1S/C15H28N2O/c1-11(14(2,3)4)13(18)17-10-9-15(16)8-6-5-7-12(15)17/h11-12H,5-10,16H2,1-4H3. The molecule has 18 heavy (non-hydrogen) atoms. The summed E-state index contributed by atoms with van der Waals surface area (Å²) in [5.74, 6) is 0.378. The predicted molar refractivity (Wildman–Crippen MR) is 74.1 cm³/mol. The van der Waals surface area contributed by atoms with E-state index in [1.165, 1.54) is 12.8 Å². The number of fused-ring (bicyclic) bond motifs is 1. The van der Waals surface area contributed by atoms with Gasteiger partial charge in [0.25, 0.3) is 0 Å². The number of nitrogens with two attached hydrogens (primary N) is 1. The molecule has 0 bridgehead atoms. The van der Waals surface area contributed by atoms with Crippen LogP contribution in [0.2, 0.25) is 0 Å². The van der Waals surface area contributed by atoms with Crippen molar-refractivity contribution in [2.45, 2.75) is 71.4 Å². The molecule has 0 aromatic heterocycles. The molecule has 104 valence electrons. The molecule has 2 rings (SSSR count). The van der Waals surface area contributed by atoms with Crippen LogP contribution in [0.3, 0.4) is 0 Å². The first-order valence-electron chi connectivity index (χ1n) is 7.35. The lowest BCUT2D eigenvalue weighted by atomic mass is 9.77. The quantitative estimate of drug-likeness (QED) is 0.779. The Morgan fingerprint density at radius 2 is 2.00 bits per heavy atom. The summed E-state index contributed by atoms with van der Waals surface area (Å²) in [5, 5.41) is 0. The number of carbonyl (C=O) groups is 1. The molecule has 0 radical (unpaired) electrons. The van der Waals surface area contributed by atoms with Crippen molar-refractivity contribution in [2.24, 2.45) is 17.1 Å². The zero-order chi connectivity index (χ0) is 13.6. The first kappa shape index (κ1) is 13.9. The summed E-state index contributed by atoms with van der Waals surface area (Å²) in [7, 11) is 0. The van der Waals surface area contributed by atoms with Crippen LogP contribution in [0.25, 0.3) is 0 Å². The van der Waals surface area contributed by atoms with Gasteiger partial charge in [-0.3, -0.25) is 4.79 Å². The van der Waals surface area contributed by atoms with Crippen molar-refractivity contribution in [3.63, 3.8) is 0 Å². The molecule has 1 amide bonds. The Morgan fingerprint density at radius 3 is 2.61 bits per heavy atom. The van der Waals surface area contributed by atoms with Crippen molar-refractivity contribution in [3.05, 3.63) is 0 Å². The molecule has 1 heterocycles. The van der Waals surface area contributed by atoms with Gasteiger partial charge in [-0.05, 0) is 24.7 Å². The smallest absolute Gasteiger partial charge is 0.226 e. The third-order valence-corrected chi connectivity index (χ3v) is 5.18. The number of hydrogen-bond donors (Lipinski definition) is 1. The van der Waals surface area contributed by atoms with Crippen molar-refractivity contribution < 1.29 is 4.79 Å². The molecule has 2 N–H and O–H groups in total. The normalized spacial score (nSPS) is 34.3. The van der Waals surface area contributed by atoms with Gasteiger partial charge in [-0.2, -0.15) is 0 Å². The van der Waals surface area contributed by atoms with E-state index in [4.69, 9.17) is 5.73 Å². The number of carbonyl (C=O) groups excluding carboxylic acids is 1. The Hall–Kier alpha value is -0.570. The fourth-order valence-corrected chi connectivity index (χ4v) is 3.37. The van der Waals surface area contributed by atoms with Crippen LogP contribution in [0.5, 0.6) is 0 Å². The molecular formula is C15H28N2O. The van der Waals surface area contributed by atoms with Crippen molar-refractivity contribution in [1.29, 1.82) is 0 Å². The van der Waals surface area contributed by atoms with Crippen LogP contribution >= 0.6 is 0 Å². The van der Waals surface area contributed by atoms with E-state index in [0.717, 1.165) is 25.8 Å². The lowest BCUT2D eigenvalue weighted by Gasteiger charge is -2.41. The molecule has 2 aliphatic rings. The number of rotatable bonds is 1. The van der Waals surface area contributed by atoms with E-state index in [1.807, 2.05) is 0 Å². The molecule has 1 saturated carbocycles. The molecular weight excluding hydrogens is 224 g/mol. The van der Waals surface area contributed by atoms with E-state index in [9.17, 15) is 4.79 Å². The zero-order valence-electron chi connectivity index (χ0n) is 12.3. The molecule has 0 aromatic rings. The summed E-state index contributed by atoms with van der Waals surface area (Å²) in [6.07, 6.45) is 5.62. The summed E-state index contributed by atoms with van der Waals surface area (Å²) in [4.78, 5) is 14.8. The van der Waals surface area contributed by atoms with Crippen LogP contribution in [0, 0.1) is 11.3 Å². The Labute approximate surface area is 111 Å². The van der Waals surface area contributed by atoms with Crippen LogP contribution < -0.4 is 5.73 Å². The number of nitrogens with zero attached hydrogens (tertiary/aromatic N) is 1. The Balaban J connectivity index is 2.13. The minimum absolute atomic E-state index is 0.0333. The molecule has 3 unspecified atom stereocenters. The van der Waals surface area contributed by atoms with E-state index in [0.29, 0.717) is 11.9 Å². The van der Waals surface area contributed by atoms with Crippen molar-refractivity contribution >= 4 is 5.91 Å². The number of hydrogen-bond acceptors (Lipinski definition) is 2. The fourth-order valence-electron chi connectivity index (χ4n) is 3.37. The minimum Gasteiger partial charge on any atom is -0.338 e. The second kappa shape index (κ2) is 4.52. The lowest BCUT2D eigenvalue weighted by Crippen LogP contribution is -2.55. The zero-order valence-corrected chi connectivity index (χ0v) is 12.3. The highest BCUT2D eigenvalue weighted by molar-refractivity contribution is 5.80. The van der Waals surface area contributed by atoms with Crippen LogP contribution in [-0.2, 0) is 4.79 Å². The van der Waals surface area contributed by atoms with Gasteiger partial charge in [-0.15, -0.1) is 0 Å². The third-order valence-electron chi connectivity index (χ3n) is 5.18. The monoisotopic (exact) mass is 252 g/mol.